The lowest BCUT2D eigenvalue weighted by Gasteiger charge is -2.01. The number of hydrogen-bond donors (Lipinski definition) is 1. The highest BCUT2D eigenvalue weighted by atomic mass is 32.1. The van der Waals surface area contributed by atoms with Crippen LogP contribution in [0, 0.1) is 6.92 Å². The van der Waals surface area contributed by atoms with Gasteiger partial charge in [0.15, 0.2) is 0 Å². The van der Waals surface area contributed by atoms with Crippen LogP contribution >= 0.6 is 11.3 Å². The van der Waals surface area contributed by atoms with E-state index in [4.69, 9.17) is 5.11 Å². The van der Waals surface area contributed by atoms with Crippen molar-refractivity contribution in [3.8, 4) is 0 Å². The zero-order chi connectivity index (χ0) is 6.69. The monoisotopic (exact) mass is 141 g/mol. The molecule has 0 fully saturated rings. The summed E-state index contributed by atoms with van der Waals surface area (Å²) in [5.41, 5.74) is 0.981. The zero-order valence-electron chi connectivity index (χ0n) is 5.08. The normalized spacial score (nSPS) is 13.6. The molecule has 0 spiro atoms. The van der Waals surface area contributed by atoms with Crippen molar-refractivity contribution in [2.45, 2.75) is 12.5 Å². The number of rotatable bonds is 2. The van der Waals surface area contributed by atoms with Crippen molar-refractivity contribution in [1.82, 2.24) is 0 Å². The highest BCUT2D eigenvalue weighted by molar-refractivity contribution is 7.07. The molecule has 2 heteroatoms. The molecule has 1 heterocycles. The molecule has 1 rings (SSSR count). The topological polar surface area (TPSA) is 20.2 Å². The van der Waals surface area contributed by atoms with E-state index in [1.807, 2.05) is 16.8 Å². The van der Waals surface area contributed by atoms with Crippen LogP contribution < -0.4 is 0 Å². The van der Waals surface area contributed by atoms with E-state index in [1.54, 1.807) is 11.3 Å². The van der Waals surface area contributed by atoms with Crippen molar-refractivity contribution in [2.75, 3.05) is 0 Å². The first-order chi connectivity index (χ1) is 4.34. The van der Waals surface area contributed by atoms with Crippen molar-refractivity contribution in [3.05, 3.63) is 29.3 Å². The molecule has 1 aromatic rings. The van der Waals surface area contributed by atoms with E-state index in [1.165, 1.54) is 0 Å². The third-order valence-electron chi connectivity index (χ3n) is 1.20. The third-order valence-corrected chi connectivity index (χ3v) is 1.90. The van der Waals surface area contributed by atoms with Gasteiger partial charge in [0.05, 0.1) is 6.10 Å². The molecule has 0 saturated heterocycles. The van der Waals surface area contributed by atoms with E-state index >= 15 is 0 Å². The average molecular weight is 141 g/mol. The van der Waals surface area contributed by atoms with Crippen LogP contribution in [0.2, 0.25) is 0 Å². The molecule has 1 atom stereocenters. The van der Waals surface area contributed by atoms with Gasteiger partial charge in [-0.1, -0.05) is 6.92 Å². The molecular formula is C7H9OS. The van der Waals surface area contributed by atoms with Crippen molar-refractivity contribution >= 4 is 11.3 Å². The minimum atomic E-state index is -0.365. The van der Waals surface area contributed by atoms with Crippen molar-refractivity contribution < 1.29 is 5.11 Å². The summed E-state index contributed by atoms with van der Waals surface area (Å²) < 4.78 is 0. The first kappa shape index (κ1) is 6.78. The van der Waals surface area contributed by atoms with Gasteiger partial charge in [-0.25, -0.2) is 0 Å². The molecule has 0 bridgehead atoms. The fourth-order valence-corrected chi connectivity index (χ4v) is 1.34. The molecule has 0 amide bonds. The molecular weight excluding hydrogens is 132 g/mol. The van der Waals surface area contributed by atoms with Crippen LogP contribution in [0.5, 0.6) is 0 Å². The summed E-state index contributed by atoms with van der Waals surface area (Å²) in [5.74, 6) is 0. The van der Waals surface area contributed by atoms with Gasteiger partial charge in [-0.3, -0.25) is 0 Å². The lowest BCUT2D eigenvalue weighted by Crippen LogP contribution is -1.90. The van der Waals surface area contributed by atoms with E-state index in [-0.39, 0.29) is 6.10 Å². The van der Waals surface area contributed by atoms with Crippen LogP contribution in [0.3, 0.4) is 0 Å². The Morgan fingerprint density at radius 3 is 3.00 bits per heavy atom. The van der Waals surface area contributed by atoms with Crippen molar-refractivity contribution in [3.63, 3.8) is 0 Å². The lowest BCUT2D eigenvalue weighted by atomic mass is 10.1. The van der Waals surface area contributed by atoms with E-state index in [0.717, 1.165) is 5.56 Å². The van der Waals surface area contributed by atoms with Crippen LogP contribution in [0.1, 0.15) is 18.1 Å². The Hall–Kier alpha value is -0.340. The van der Waals surface area contributed by atoms with Gasteiger partial charge >= 0.3 is 0 Å². The molecule has 1 radical (unpaired) electrons. The van der Waals surface area contributed by atoms with Gasteiger partial charge in [-0.05, 0) is 28.8 Å². The van der Waals surface area contributed by atoms with E-state index in [0.29, 0.717) is 6.42 Å². The minimum Gasteiger partial charge on any atom is -0.388 e. The van der Waals surface area contributed by atoms with Crippen LogP contribution in [0.4, 0.5) is 0 Å². The SMILES string of the molecule is [CH2]CC(O)c1ccsc1. The molecule has 1 unspecified atom stereocenters. The molecule has 0 aliphatic carbocycles. The van der Waals surface area contributed by atoms with Crippen LogP contribution in [0.25, 0.3) is 0 Å². The van der Waals surface area contributed by atoms with Crippen LogP contribution in [-0.4, -0.2) is 5.11 Å². The Kier molecular flexibility index (Phi) is 2.25. The number of aliphatic hydroxyl groups excluding tert-OH is 1. The highest BCUT2D eigenvalue weighted by Crippen LogP contribution is 2.17. The third kappa shape index (κ3) is 1.53. The summed E-state index contributed by atoms with van der Waals surface area (Å²) in [7, 11) is 0. The van der Waals surface area contributed by atoms with Crippen LogP contribution in [-0.2, 0) is 0 Å². The second kappa shape index (κ2) is 2.99. The standard InChI is InChI=1S/C7H9OS/c1-2-7(8)6-3-4-9-5-6/h3-5,7-8H,1-2H2. The Bertz CT molecular complexity index is 157. The number of aliphatic hydroxyl groups is 1. The predicted octanol–water partition coefficient (Wildman–Crippen LogP) is 2.01. The molecule has 9 heavy (non-hydrogen) atoms. The Morgan fingerprint density at radius 1 is 1.78 bits per heavy atom. The first-order valence-corrected chi connectivity index (χ1v) is 3.78. The molecule has 1 N–H and O–H groups in total. The summed E-state index contributed by atoms with van der Waals surface area (Å²) in [5, 5.41) is 13.1. The second-order valence-electron chi connectivity index (χ2n) is 1.86. The Morgan fingerprint density at radius 2 is 2.56 bits per heavy atom. The van der Waals surface area contributed by atoms with Crippen LogP contribution in [0.15, 0.2) is 16.8 Å². The number of thiophene rings is 1. The van der Waals surface area contributed by atoms with E-state index in [2.05, 4.69) is 6.92 Å². The summed E-state index contributed by atoms with van der Waals surface area (Å²) in [6.07, 6.45) is 0.188. The van der Waals surface area contributed by atoms with Gasteiger partial charge < -0.3 is 5.11 Å². The van der Waals surface area contributed by atoms with Gasteiger partial charge in [0, 0.05) is 0 Å². The molecule has 49 valence electrons. The maximum Gasteiger partial charge on any atom is 0.0798 e. The zero-order valence-corrected chi connectivity index (χ0v) is 5.90. The smallest absolute Gasteiger partial charge is 0.0798 e. The summed E-state index contributed by atoms with van der Waals surface area (Å²) in [6.45, 7) is 3.60. The van der Waals surface area contributed by atoms with Crippen molar-refractivity contribution in [1.29, 1.82) is 0 Å². The quantitative estimate of drug-likeness (QED) is 0.668. The minimum absolute atomic E-state index is 0.365. The largest absolute Gasteiger partial charge is 0.388 e. The fraction of sp³-hybridized carbons (Fsp3) is 0.286. The van der Waals surface area contributed by atoms with Crippen molar-refractivity contribution in [2.24, 2.45) is 0 Å². The molecule has 0 saturated carbocycles. The Balaban J connectivity index is 2.65. The molecule has 0 aliphatic heterocycles. The molecule has 1 aromatic heterocycles. The van der Waals surface area contributed by atoms with E-state index < -0.39 is 0 Å². The van der Waals surface area contributed by atoms with Gasteiger partial charge in [0.1, 0.15) is 0 Å². The van der Waals surface area contributed by atoms with E-state index in [9.17, 15) is 0 Å². The van der Waals surface area contributed by atoms with Gasteiger partial charge in [0.25, 0.3) is 0 Å². The number of hydrogen-bond acceptors (Lipinski definition) is 2. The first-order valence-electron chi connectivity index (χ1n) is 2.84. The summed E-state index contributed by atoms with van der Waals surface area (Å²) >= 11 is 1.60. The molecule has 0 aromatic carbocycles. The van der Waals surface area contributed by atoms with Gasteiger partial charge in [0.2, 0.25) is 0 Å². The maximum atomic E-state index is 9.16. The van der Waals surface area contributed by atoms with Gasteiger partial charge in [-0.2, -0.15) is 11.3 Å². The highest BCUT2D eigenvalue weighted by Gasteiger charge is 2.02. The fourth-order valence-electron chi connectivity index (χ4n) is 0.631. The average Bonchev–Trinajstić information content (AvgIpc) is 2.37. The molecule has 0 aliphatic rings. The lowest BCUT2D eigenvalue weighted by molar-refractivity contribution is 0.181. The second-order valence-corrected chi connectivity index (χ2v) is 2.64. The summed E-state index contributed by atoms with van der Waals surface area (Å²) in [6, 6.07) is 1.92. The molecule has 1 nitrogen and oxygen atoms in total. The predicted molar refractivity (Wildman–Crippen MR) is 39.3 cm³/mol. The maximum absolute atomic E-state index is 9.16. The Labute approximate surface area is 59.0 Å². The summed E-state index contributed by atoms with van der Waals surface area (Å²) in [4.78, 5) is 0. The van der Waals surface area contributed by atoms with Gasteiger partial charge in [-0.15, -0.1) is 0 Å².